The molecule has 0 aromatic carbocycles. The number of nitrogens with one attached hydrogen (secondary N) is 2. The van der Waals surface area contributed by atoms with E-state index in [1.807, 2.05) is 13.8 Å². The normalized spacial score (nSPS) is 12.2. The minimum Gasteiger partial charge on any atom is -0.480 e. The van der Waals surface area contributed by atoms with Crippen molar-refractivity contribution < 1.29 is 19.5 Å². The van der Waals surface area contributed by atoms with Crippen molar-refractivity contribution in [2.45, 2.75) is 51.6 Å². The van der Waals surface area contributed by atoms with Gasteiger partial charge in [0.25, 0.3) is 0 Å². The van der Waals surface area contributed by atoms with Crippen molar-refractivity contribution in [3.8, 4) is 0 Å². The zero-order chi connectivity index (χ0) is 14.8. The Kier molecular flexibility index (Phi) is 8.52. The fourth-order valence-corrected chi connectivity index (χ4v) is 1.45. The van der Waals surface area contributed by atoms with E-state index in [1.165, 1.54) is 0 Å². The summed E-state index contributed by atoms with van der Waals surface area (Å²) in [7, 11) is 0. The molecule has 0 rings (SSSR count). The molecule has 0 unspecified atom stereocenters. The quantitative estimate of drug-likeness (QED) is 0.403. The van der Waals surface area contributed by atoms with Crippen molar-refractivity contribution in [2.75, 3.05) is 6.54 Å². The Hall–Kier alpha value is -1.63. The van der Waals surface area contributed by atoms with Gasteiger partial charge in [0.05, 0.1) is 0 Å². The first-order chi connectivity index (χ1) is 8.82. The lowest BCUT2D eigenvalue weighted by Crippen LogP contribution is -2.41. The molecule has 0 bridgehead atoms. The molecule has 0 spiro atoms. The molecule has 0 radical (unpaired) electrons. The summed E-state index contributed by atoms with van der Waals surface area (Å²) >= 11 is 0. The molecule has 1 atom stereocenters. The highest BCUT2D eigenvalue weighted by atomic mass is 16.4. The van der Waals surface area contributed by atoms with Gasteiger partial charge in [-0.05, 0) is 19.4 Å². The molecule has 0 saturated carbocycles. The maximum Gasteiger partial charge on any atom is 0.326 e. The number of hydrogen-bond donors (Lipinski definition) is 4. The van der Waals surface area contributed by atoms with Gasteiger partial charge in [-0.25, -0.2) is 4.79 Å². The Bertz CT molecular complexity index is 318. The Morgan fingerprint density at radius 1 is 1.21 bits per heavy atom. The first kappa shape index (κ1) is 17.4. The average Bonchev–Trinajstić information content (AvgIpc) is 2.29. The second kappa shape index (κ2) is 9.32. The summed E-state index contributed by atoms with van der Waals surface area (Å²) in [6, 6.07) is -0.705. The third kappa shape index (κ3) is 10.0. The first-order valence-corrected chi connectivity index (χ1v) is 6.36. The molecule has 19 heavy (non-hydrogen) atoms. The minimum absolute atomic E-state index is 0.0145. The molecule has 7 heteroatoms. The summed E-state index contributed by atoms with van der Waals surface area (Å²) in [6.07, 6.45) is 0.832. The average molecular weight is 273 g/mol. The highest BCUT2D eigenvalue weighted by Crippen LogP contribution is 1.99. The van der Waals surface area contributed by atoms with Gasteiger partial charge in [-0.15, -0.1) is 0 Å². The zero-order valence-corrected chi connectivity index (χ0v) is 11.4. The smallest absolute Gasteiger partial charge is 0.326 e. The Labute approximate surface area is 112 Å². The van der Waals surface area contributed by atoms with Gasteiger partial charge < -0.3 is 21.5 Å². The van der Waals surface area contributed by atoms with Gasteiger partial charge in [-0.3, -0.25) is 9.59 Å². The number of primary amides is 1. The number of amides is 2. The van der Waals surface area contributed by atoms with Gasteiger partial charge in [-0.2, -0.15) is 0 Å². The van der Waals surface area contributed by atoms with Crippen LogP contribution < -0.4 is 16.4 Å². The SMILES string of the molecule is CC(C)NCCCC(=O)N[C@@H](CCC(N)=O)C(=O)O. The second-order valence-corrected chi connectivity index (χ2v) is 4.68. The summed E-state index contributed by atoms with van der Waals surface area (Å²) in [5.41, 5.74) is 4.95. The van der Waals surface area contributed by atoms with E-state index >= 15 is 0 Å². The van der Waals surface area contributed by atoms with Crippen LogP contribution in [0.2, 0.25) is 0 Å². The molecule has 5 N–H and O–H groups in total. The van der Waals surface area contributed by atoms with Crippen LogP contribution in [0.3, 0.4) is 0 Å². The van der Waals surface area contributed by atoms with E-state index in [0.717, 1.165) is 0 Å². The molecule has 0 aliphatic carbocycles. The lowest BCUT2D eigenvalue weighted by molar-refractivity contribution is -0.142. The molecule has 0 heterocycles. The van der Waals surface area contributed by atoms with Crippen LogP contribution >= 0.6 is 0 Å². The van der Waals surface area contributed by atoms with Crippen LogP contribution in [-0.4, -0.2) is 41.5 Å². The summed E-state index contributed by atoms with van der Waals surface area (Å²) < 4.78 is 0. The number of carboxylic acids is 1. The fourth-order valence-electron chi connectivity index (χ4n) is 1.45. The van der Waals surface area contributed by atoms with E-state index in [1.54, 1.807) is 0 Å². The molecule has 110 valence electrons. The van der Waals surface area contributed by atoms with Crippen LogP contribution in [0.25, 0.3) is 0 Å². The first-order valence-electron chi connectivity index (χ1n) is 6.36. The summed E-state index contributed by atoms with van der Waals surface area (Å²) in [4.78, 5) is 33.0. The van der Waals surface area contributed by atoms with Gasteiger partial charge >= 0.3 is 5.97 Å². The maximum atomic E-state index is 11.5. The third-order valence-corrected chi connectivity index (χ3v) is 2.45. The monoisotopic (exact) mass is 273 g/mol. The van der Waals surface area contributed by atoms with E-state index in [-0.39, 0.29) is 25.2 Å². The number of carbonyl (C=O) groups is 3. The Morgan fingerprint density at radius 3 is 2.32 bits per heavy atom. The number of aliphatic carboxylic acids is 1. The topological polar surface area (TPSA) is 122 Å². The molecule has 0 saturated heterocycles. The van der Waals surface area contributed by atoms with Gasteiger partial charge in [0.2, 0.25) is 11.8 Å². The van der Waals surface area contributed by atoms with Crippen LogP contribution in [0.1, 0.15) is 39.5 Å². The van der Waals surface area contributed by atoms with Gasteiger partial charge in [0.15, 0.2) is 0 Å². The molecule has 0 aliphatic rings. The Balaban J connectivity index is 3.96. The van der Waals surface area contributed by atoms with Gasteiger partial charge in [-0.1, -0.05) is 13.8 Å². The highest BCUT2D eigenvalue weighted by Gasteiger charge is 2.20. The lowest BCUT2D eigenvalue weighted by atomic mass is 10.1. The predicted octanol–water partition coefficient (Wildman–Crippen LogP) is -0.400. The number of carbonyl (C=O) groups excluding carboxylic acids is 2. The number of nitrogens with two attached hydrogens (primary N) is 1. The standard InChI is InChI=1S/C12H23N3O4/c1-8(2)14-7-3-4-11(17)15-9(12(18)19)5-6-10(13)16/h8-9,14H,3-7H2,1-2H3,(H2,13,16)(H,15,17)(H,18,19)/t9-/m0/s1. The molecular formula is C12H23N3O4. The van der Waals surface area contributed by atoms with Crippen molar-refractivity contribution in [1.82, 2.24) is 10.6 Å². The van der Waals surface area contributed by atoms with E-state index in [9.17, 15) is 14.4 Å². The van der Waals surface area contributed by atoms with Gasteiger partial charge in [0.1, 0.15) is 6.04 Å². The van der Waals surface area contributed by atoms with Crippen LogP contribution in [0.5, 0.6) is 0 Å². The minimum atomic E-state index is -1.16. The molecule has 0 aromatic heterocycles. The number of hydrogen-bond acceptors (Lipinski definition) is 4. The van der Waals surface area contributed by atoms with Crippen LogP contribution in [0, 0.1) is 0 Å². The third-order valence-electron chi connectivity index (χ3n) is 2.45. The van der Waals surface area contributed by atoms with E-state index in [4.69, 9.17) is 10.8 Å². The van der Waals surface area contributed by atoms with Gasteiger partial charge in [0, 0.05) is 18.9 Å². The summed E-state index contributed by atoms with van der Waals surface area (Å²) in [5, 5.41) is 14.4. The molecule has 0 aromatic rings. The van der Waals surface area contributed by atoms with Crippen LogP contribution in [0.4, 0.5) is 0 Å². The summed E-state index contributed by atoms with van der Waals surface area (Å²) in [5.74, 6) is -2.07. The van der Waals surface area contributed by atoms with E-state index < -0.39 is 17.9 Å². The Morgan fingerprint density at radius 2 is 1.84 bits per heavy atom. The zero-order valence-electron chi connectivity index (χ0n) is 11.4. The molecule has 0 fully saturated rings. The molecule has 0 aliphatic heterocycles. The largest absolute Gasteiger partial charge is 0.480 e. The van der Waals surface area contributed by atoms with Crippen molar-refractivity contribution in [3.05, 3.63) is 0 Å². The van der Waals surface area contributed by atoms with Crippen molar-refractivity contribution in [3.63, 3.8) is 0 Å². The number of carboxylic acid groups (broad SMARTS) is 1. The van der Waals surface area contributed by atoms with Crippen molar-refractivity contribution in [1.29, 1.82) is 0 Å². The number of rotatable bonds is 10. The van der Waals surface area contributed by atoms with E-state index in [0.29, 0.717) is 19.0 Å². The van der Waals surface area contributed by atoms with Crippen molar-refractivity contribution in [2.24, 2.45) is 5.73 Å². The van der Waals surface area contributed by atoms with Crippen molar-refractivity contribution >= 4 is 17.8 Å². The van der Waals surface area contributed by atoms with E-state index in [2.05, 4.69) is 10.6 Å². The molecular weight excluding hydrogens is 250 g/mol. The molecule has 7 nitrogen and oxygen atoms in total. The molecule has 2 amide bonds. The van der Waals surface area contributed by atoms with Crippen LogP contribution in [-0.2, 0) is 14.4 Å². The predicted molar refractivity (Wildman–Crippen MR) is 70.4 cm³/mol. The summed E-state index contributed by atoms with van der Waals surface area (Å²) in [6.45, 7) is 4.71. The highest BCUT2D eigenvalue weighted by molar-refractivity contribution is 5.84. The van der Waals surface area contributed by atoms with Crippen LogP contribution in [0.15, 0.2) is 0 Å². The maximum absolute atomic E-state index is 11.5. The second-order valence-electron chi connectivity index (χ2n) is 4.68. The fraction of sp³-hybridized carbons (Fsp3) is 0.750. The lowest BCUT2D eigenvalue weighted by Gasteiger charge is -2.14.